The van der Waals surface area contributed by atoms with Gasteiger partial charge in [-0.1, -0.05) is 6.07 Å². The lowest BCUT2D eigenvalue weighted by molar-refractivity contribution is 0.134. The third-order valence-corrected chi connectivity index (χ3v) is 4.42. The molecule has 1 aromatic rings. The van der Waals surface area contributed by atoms with Crippen LogP contribution in [0.4, 0.5) is 0 Å². The molecule has 0 saturated carbocycles. The standard InChI is InChI=1S/C11H18N2S/c1-9-8-11(12,5-6-13(9)2)10-4-3-7-14-10/h3-4,7,9H,5-6,8,12H2,1-2H3. The molecule has 1 aromatic heterocycles. The van der Waals surface area contributed by atoms with Crippen molar-refractivity contribution in [3.63, 3.8) is 0 Å². The Bertz CT molecular complexity index is 296. The van der Waals surface area contributed by atoms with Gasteiger partial charge in [0.05, 0.1) is 5.54 Å². The number of likely N-dealkylation sites (tertiary alicyclic amines) is 1. The van der Waals surface area contributed by atoms with Crippen molar-refractivity contribution < 1.29 is 0 Å². The van der Waals surface area contributed by atoms with Crippen LogP contribution in [-0.4, -0.2) is 24.5 Å². The molecule has 0 spiro atoms. The van der Waals surface area contributed by atoms with Gasteiger partial charge in [-0.3, -0.25) is 0 Å². The summed E-state index contributed by atoms with van der Waals surface area (Å²) in [4.78, 5) is 3.73. The Morgan fingerprint density at radius 1 is 1.64 bits per heavy atom. The van der Waals surface area contributed by atoms with Gasteiger partial charge in [-0.05, 0) is 38.3 Å². The van der Waals surface area contributed by atoms with Crippen LogP contribution in [0.15, 0.2) is 17.5 Å². The van der Waals surface area contributed by atoms with Gasteiger partial charge in [-0.25, -0.2) is 0 Å². The molecule has 2 heterocycles. The third-order valence-electron chi connectivity index (χ3n) is 3.33. The average molecular weight is 210 g/mol. The van der Waals surface area contributed by atoms with Crippen LogP contribution in [0.3, 0.4) is 0 Å². The molecule has 0 aliphatic carbocycles. The molecule has 1 aliphatic heterocycles. The molecule has 1 fully saturated rings. The van der Waals surface area contributed by atoms with E-state index in [9.17, 15) is 0 Å². The maximum atomic E-state index is 6.46. The maximum Gasteiger partial charge on any atom is 0.0530 e. The lowest BCUT2D eigenvalue weighted by Crippen LogP contribution is -2.50. The van der Waals surface area contributed by atoms with E-state index < -0.39 is 0 Å². The highest BCUT2D eigenvalue weighted by Gasteiger charge is 2.35. The molecule has 2 nitrogen and oxygen atoms in total. The molecule has 78 valence electrons. The normalized spacial score (nSPS) is 34.6. The fraction of sp³-hybridized carbons (Fsp3) is 0.636. The van der Waals surface area contributed by atoms with Crippen molar-refractivity contribution in [2.75, 3.05) is 13.6 Å². The molecular weight excluding hydrogens is 192 g/mol. The smallest absolute Gasteiger partial charge is 0.0530 e. The Balaban J connectivity index is 2.18. The van der Waals surface area contributed by atoms with Gasteiger partial charge < -0.3 is 10.6 Å². The summed E-state index contributed by atoms with van der Waals surface area (Å²) in [6.07, 6.45) is 2.15. The molecule has 3 heteroatoms. The summed E-state index contributed by atoms with van der Waals surface area (Å²) in [5.41, 5.74) is 6.39. The second-order valence-electron chi connectivity index (χ2n) is 4.42. The Kier molecular flexibility index (Phi) is 2.64. The van der Waals surface area contributed by atoms with Crippen LogP contribution in [0.1, 0.15) is 24.6 Å². The van der Waals surface area contributed by atoms with E-state index in [-0.39, 0.29) is 5.54 Å². The van der Waals surface area contributed by atoms with Gasteiger partial charge in [-0.15, -0.1) is 11.3 Å². The number of nitrogens with zero attached hydrogens (tertiary/aromatic N) is 1. The SMILES string of the molecule is CC1CC(N)(c2cccs2)CCN1C. The van der Waals surface area contributed by atoms with E-state index in [1.165, 1.54) is 4.88 Å². The van der Waals surface area contributed by atoms with Crippen LogP contribution in [-0.2, 0) is 5.54 Å². The Labute approximate surface area is 89.7 Å². The number of nitrogens with two attached hydrogens (primary N) is 1. The first-order valence-corrected chi connectivity index (χ1v) is 6.03. The van der Waals surface area contributed by atoms with Crippen molar-refractivity contribution in [1.82, 2.24) is 4.90 Å². The summed E-state index contributed by atoms with van der Waals surface area (Å²) in [6, 6.07) is 4.86. The van der Waals surface area contributed by atoms with E-state index in [1.807, 2.05) is 0 Å². The van der Waals surface area contributed by atoms with E-state index >= 15 is 0 Å². The van der Waals surface area contributed by atoms with E-state index in [4.69, 9.17) is 5.73 Å². The van der Waals surface area contributed by atoms with E-state index in [0.717, 1.165) is 19.4 Å². The lowest BCUT2D eigenvalue weighted by atomic mass is 9.83. The van der Waals surface area contributed by atoms with Gasteiger partial charge in [-0.2, -0.15) is 0 Å². The van der Waals surface area contributed by atoms with Crippen molar-refractivity contribution in [2.24, 2.45) is 5.73 Å². The number of hydrogen-bond acceptors (Lipinski definition) is 3. The van der Waals surface area contributed by atoms with E-state index in [2.05, 4.69) is 36.4 Å². The molecule has 2 unspecified atom stereocenters. The molecule has 2 rings (SSSR count). The number of hydrogen-bond donors (Lipinski definition) is 1. The Morgan fingerprint density at radius 3 is 3.00 bits per heavy atom. The summed E-state index contributed by atoms with van der Waals surface area (Å²) >= 11 is 1.79. The summed E-state index contributed by atoms with van der Waals surface area (Å²) in [5, 5.41) is 2.12. The van der Waals surface area contributed by atoms with E-state index in [0.29, 0.717) is 6.04 Å². The molecular formula is C11H18N2S. The zero-order chi connectivity index (χ0) is 10.2. The highest BCUT2D eigenvalue weighted by molar-refractivity contribution is 7.10. The minimum absolute atomic E-state index is 0.0694. The zero-order valence-corrected chi connectivity index (χ0v) is 9.68. The van der Waals surface area contributed by atoms with Crippen LogP contribution >= 0.6 is 11.3 Å². The summed E-state index contributed by atoms with van der Waals surface area (Å²) in [5.74, 6) is 0. The summed E-state index contributed by atoms with van der Waals surface area (Å²) in [7, 11) is 2.18. The van der Waals surface area contributed by atoms with Gasteiger partial charge >= 0.3 is 0 Å². The fourth-order valence-electron chi connectivity index (χ4n) is 2.17. The number of piperidine rings is 1. The number of thiophene rings is 1. The summed E-state index contributed by atoms with van der Waals surface area (Å²) < 4.78 is 0. The Hall–Kier alpha value is -0.380. The molecule has 1 saturated heterocycles. The minimum Gasteiger partial charge on any atom is -0.321 e. The molecule has 0 amide bonds. The molecule has 1 aliphatic rings. The minimum atomic E-state index is -0.0694. The molecule has 0 bridgehead atoms. The first-order valence-electron chi connectivity index (χ1n) is 5.15. The van der Waals surface area contributed by atoms with Crippen molar-refractivity contribution in [2.45, 2.75) is 31.3 Å². The van der Waals surface area contributed by atoms with Gasteiger partial charge in [0.15, 0.2) is 0 Å². The topological polar surface area (TPSA) is 29.3 Å². The quantitative estimate of drug-likeness (QED) is 0.768. The van der Waals surface area contributed by atoms with E-state index in [1.54, 1.807) is 11.3 Å². The number of rotatable bonds is 1. The van der Waals surface area contributed by atoms with Crippen molar-refractivity contribution in [3.8, 4) is 0 Å². The van der Waals surface area contributed by atoms with Crippen molar-refractivity contribution in [3.05, 3.63) is 22.4 Å². The second kappa shape index (κ2) is 3.65. The lowest BCUT2D eigenvalue weighted by Gasteiger charge is -2.41. The van der Waals surface area contributed by atoms with Gasteiger partial charge in [0.1, 0.15) is 0 Å². The predicted molar refractivity (Wildman–Crippen MR) is 61.5 cm³/mol. The molecule has 0 aromatic carbocycles. The molecule has 14 heavy (non-hydrogen) atoms. The average Bonchev–Trinajstić information content (AvgIpc) is 2.65. The van der Waals surface area contributed by atoms with Crippen molar-refractivity contribution in [1.29, 1.82) is 0 Å². The molecule has 0 radical (unpaired) electrons. The van der Waals surface area contributed by atoms with Crippen LogP contribution in [0.25, 0.3) is 0 Å². The highest BCUT2D eigenvalue weighted by atomic mass is 32.1. The first kappa shape index (κ1) is 10.1. The summed E-state index contributed by atoms with van der Waals surface area (Å²) in [6.45, 7) is 3.37. The largest absolute Gasteiger partial charge is 0.321 e. The van der Waals surface area contributed by atoms with Crippen LogP contribution < -0.4 is 5.73 Å². The third kappa shape index (κ3) is 1.72. The van der Waals surface area contributed by atoms with Gasteiger partial charge in [0.2, 0.25) is 0 Å². The first-order chi connectivity index (χ1) is 6.62. The highest BCUT2D eigenvalue weighted by Crippen LogP contribution is 2.35. The van der Waals surface area contributed by atoms with Gasteiger partial charge in [0, 0.05) is 17.5 Å². The molecule has 2 N–H and O–H groups in total. The maximum absolute atomic E-state index is 6.46. The Morgan fingerprint density at radius 2 is 2.43 bits per heavy atom. The van der Waals surface area contributed by atoms with Crippen LogP contribution in [0.5, 0.6) is 0 Å². The van der Waals surface area contributed by atoms with Crippen LogP contribution in [0.2, 0.25) is 0 Å². The second-order valence-corrected chi connectivity index (χ2v) is 5.36. The predicted octanol–water partition coefficient (Wildman–Crippen LogP) is 2.02. The van der Waals surface area contributed by atoms with Crippen molar-refractivity contribution >= 4 is 11.3 Å². The van der Waals surface area contributed by atoms with Crippen LogP contribution in [0, 0.1) is 0 Å². The van der Waals surface area contributed by atoms with Gasteiger partial charge in [0.25, 0.3) is 0 Å². The molecule has 2 atom stereocenters. The zero-order valence-electron chi connectivity index (χ0n) is 8.86. The fourth-order valence-corrected chi connectivity index (χ4v) is 3.05. The monoisotopic (exact) mass is 210 g/mol.